The topological polar surface area (TPSA) is 38.7 Å². The number of fused-ring (bicyclic) bond motifs is 1. The average molecular weight is 301 g/mol. The summed E-state index contributed by atoms with van der Waals surface area (Å²) in [5.41, 5.74) is 0.439. The Hall–Kier alpha value is -0.580. The van der Waals surface area contributed by atoms with Crippen LogP contribution >= 0.6 is 15.9 Å². The second-order valence-corrected chi connectivity index (χ2v) is 5.39. The minimum absolute atomic E-state index is 0.408. The lowest BCUT2D eigenvalue weighted by Crippen LogP contribution is -2.44. The van der Waals surface area contributed by atoms with Crippen molar-refractivity contribution in [2.45, 2.75) is 31.5 Å². The summed E-state index contributed by atoms with van der Waals surface area (Å²) in [7, 11) is 1.66. The Morgan fingerprint density at radius 1 is 1.59 bits per heavy atom. The van der Waals surface area contributed by atoms with Crippen LogP contribution in [0.5, 0.6) is 5.75 Å². The quantitative estimate of drug-likeness (QED) is 0.932. The van der Waals surface area contributed by atoms with Crippen LogP contribution in [0.2, 0.25) is 0 Å². The molecule has 1 N–H and O–H groups in total. The van der Waals surface area contributed by atoms with Gasteiger partial charge in [0, 0.05) is 23.6 Å². The first-order valence-electron chi connectivity index (χ1n) is 5.76. The Balaban J connectivity index is 2.35. The van der Waals surface area contributed by atoms with E-state index >= 15 is 0 Å². The molecule has 1 aliphatic rings. The number of halogens is 1. The van der Waals surface area contributed by atoms with Gasteiger partial charge >= 0.3 is 0 Å². The average Bonchev–Trinajstić information content (AvgIpc) is 2.31. The molecule has 0 spiro atoms. The molecule has 94 valence electrons. The zero-order chi connectivity index (χ0) is 12.5. The number of benzene rings is 1. The minimum atomic E-state index is -0.494. The molecule has 17 heavy (non-hydrogen) atoms. The van der Waals surface area contributed by atoms with Crippen LogP contribution in [0.3, 0.4) is 0 Å². The molecule has 2 rings (SSSR count). The van der Waals surface area contributed by atoms with Gasteiger partial charge in [0.1, 0.15) is 11.4 Å². The van der Waals surface area contributed by atoms with E-state index in [0.29, 0.717) is 13.0 Å². The molecule has 1 aromatic carbocycles. The van der Waals surface area contributed by atoms with Gasteiger partial charge in [-0.3, -0.25) is 0 Å². The highest BCUT2D eigenvalue weighted by molar-refractivity contribution is 9.10. The van der Waals surface area contributed by atoms with E-state index in [1.54, 1.807) is 7.11 Å². The molecule has 0 aliphatic carbocycles. The van der Waals surface area contributed by atoms with Crippen LogP contribution in [0.15, 0.2) is 22.7 Å². The minimum Gasteiger partial charge on any atom is -0.484 e. The van der Waals surface area contributed by atoms with Crippen LogP contribution in [-0.4, -0.2) is 24.4 Å². The molecule has 3 nitrogen and oxygen atoms in total. The number of ether oxygens (including phenoxy) is 2. The van der Waals surface area contributed by atoms with Crippen LogP contribution < -0.4 is 4.74 Å². The number of aliphatic hydroxyl groups is 1. The zero-order valence-corrected chi connectivity index (χ0v) is 11.7. The Morgan fingerprint density at radius 3 is 3.00 bits per heavy atom. The van der Waals surface area contributed by atoms with Gasteiger partial charge in [0.05, 0.1) is 12.7 Å². The third-order valence-corrected chi connectivity index (χ3v) is 3.77. The third kappa shape index (κ3) is 2.49. The molecule has 0 radical (unpaired) electrons. The van der Waals surface area contributed by atoms with Gasteiger partial charge in [-0.15, -0.1) is 0 Å². The monoisotopic (exact) mass is 300 g/mol. The summed E-state index contributed by atoms with van der Waals surface area (Å²) in [6.45, 7) is 2.55. The highest BCUT2D eigenvalue weighted by Crippen LogP contribution is 2.42. The van der Waals surface area contributed by atoms with Crippen LogP contribution in [0.1, 0.15) is 31.4 Å². The van der Waals surface area contributed by atoms with Crippen molar-refractivity contribution in [2.24, 2.45) is 0 Å². The second-order valence-electron chi connectivity index (χ2n) is 4.47. The fraction of sp³-hybridized carbons (Fsp3) is 0.538. The molecule has 2 atom stereocenters. The fourth-order valence-electron chi connectivity index (χ4n) is 2.28. The Kier molecular flexibility index (Phi) is 3.76. The number of aliphatic hydroxyl groups excluding tert-OH is 1. The van der Waals surface area contributed by atoms with E-state index in [4.69, 9.17) is 9.47 Å². The summed E-state index contributed by atoms with van der Waals surface area (Å²) in [6, 6.07) is 5.72. The smallest absolute Gasteiger partial charge is 0.135 e. The van der Waals surface area contributed by atoms with Crippen LogP contribution in [-0.2, 0) is 4.74 Å². The number of rotatable bonds is 3. The van der Waals surface area contributed by atoms with E-state index < -0.39 is 11.7 Å². The second kappa shape index (κ2) is 4.96. The summed E-state index contributed by atoms with van der Waals surface area (Å²) in [5.74, 6) is 0.755. The molecule has 1 heterocycles. The van der Waals surface area contributed by atoms with Crippen molar-refractivity contribution in [3.63, 3.8) is 0 Å². The van der Waals surface area contributed by atoms with Gasteiger partial charge in [-0.2, -0.15) is 0 Å². The zero-order valence-electron chi connectivity index (χ0n) is 10.1. The first kappa shape index (κ1) is 12.9. The lowest BCUT2D eigenvalue weighted by molar-refractivity contribution is -0.0626. The first-order chi connectivity index (χ1) is 8.10. The maximum atomic E-state index is 10.2. The molecule has 1 unspecified atom stereocenters. The molecular formula is C13H17BrO3. The van der Waals surface area contributed by atoms with Crippen LogP contribution in [0, 0.1) is 0 Å². The van der Waals surface area contributed by atoms with Crippen molar-refractivity contribution in [3.8, 4) is 5.75 Å². The summed E-state index contributed by atoms with van der Waals surface area (Å²) < 4.78 is 12.2. The van der Waals surface area contributed by atoms with Gasteiger partial charge < -0.3 is 14.6 Å². The van der Waals surface area contributed by atoms with Crippen molar-refractivity contribution in [1.82, 2.24) is 0 Å². The molecule has 0 amide bonds. The van der Waals surface area contributed by atoms with E-state index in [9.17, 15) is 5.11 Å². The van der Waals surface area contributed by atoms with E-state index in [1.165, 1.54) is 0 Å². The van der Waals surface area contributed by atoms with Crippen molar-refractivity contribution >= 4 is 15.9 Å². The lowest BCUT2D eigenvalue weighted by Gasteiger charge is -2.39. The maximum absolute atomic E-state index is 10.2. The molecule has 1 aliphatic heterocycles. The van der Waals surface area contributed by atoms with E-state index in [2.05, 4.69) is 22.9 Å². The van der Waals surface area contributed by atoms with Crippen molar-refractivity contribution in [3.05, 3.63) is 28.2 Å². The Bertz CT molecular complexity index is 408. The molecular weight excluding hydrogens is 284 g/mol. The number of methoxy groups -OCH3 is 1. The number of hydrogen-bond acceptors (Lipinski definition) is 3. The summed E-state index contributed by atoms with van der Waals surface area (Å²) in [4.78, 5) is 0. The molecule has 4 heteroatoms. The standard InChI is InChI=1S/C13H17BrO3/c1-3-13(8-16-2)7-11(15)10-6-9(14)4-5-12(10)17-13/h4-6,11,15H,3,7-8H2,1-2H3/t11-,13?/m0/s1. The van der Waals surface area contributed by atoms with Gasteiger partial charge in [0.2, 0.25) is 0 Å². The van der Waals surface area contributed by atoms with E-state index in [0.717, 1.165) is 22.2 Å². The molecule has 1 aromatic rings. The molecule has 0 saturated carbocycles. The van der Waals surface area contributed by atoms with Crippen molar-refractivity contribution < 1.29 is 14.6 Å². The first-order valence-corrected chi connectivity index (χ1v) is 6.55. The summed E-state index contributed by atoms with van der Waals surface area (Å²) in [6.07, 6.45) is 0.889. The van der Waals surface area contributed by atoms with Crippen molar-refractivity contribution in [1.29, 1.82) is 0 Å². The van der Waals surface area contributed by atoms with Gasteiger partial charge in [-0.25, -0.2) is 0 Å². The molecule has 0 bridgehead atoms. The van der Waals surface area contributed by atoms with Crippen molar-refractivity contribution in [2.75, 3.05) is 13.7 Å². The number of hydrogen-bond donors (Lipinski definition) is 1. The molecule has 0 aromatic heterocycles. The third-order valence-electron chi connectivity index (χ3n) is 3.27. The molecule has 0 fully saturated rings. The van der Waals surface area contributed by atoms with Gasteiger partial charge in [-0.1, -0.05) is 22.9 Å². The fourth-order valence-corrected chi connectivity index (χ4v) is 2.66. The van der Waals surface area contributed by atoms with Gasteiger partial charge in [0.15, 0.2) is 0 Å². The molecule has 0 saturated heterocycles. The SMILES string of the molecule is CCC1(COC)C[C@H](O)c2cc(Br)ccc2O1. The van der Waals surface area contributed by atoms with Gasteiger partial charge in [0.25, 0.3) is 0 Å². The summed E-state index contributed by atoms with van der Waals surface area (Å²) in [5, 5.41) is 10.2. The normalized spacial score (nSPS) is 27.4. The van der Waals surface area contributed by atoms with Crippen LogP contribution in [0.4, 0.5) is 0 Å². The maximum Gasteiger partial charge on any atom is 0.135 e. The highest BCUT2D eigenvalue weighted by atomic mass is 79.9. The van der Waals surface area contributed by atoms with E-state index in [-0.39, 0.29) is 0 Å². The van der Waals surface area contributed by atoms with Gasteiger partial charge in [-0.05, 0) is 24.6 Å². The predicted octanol–water partition coefficient (Wildman–Crippen LogP) is 3.06. The van der Waals surface area contributed by atoms with Crippen LogP contribution in [0.25, 0.3) is 0 Å². The Morgan fingerprint density at radius 2 is 2.35 bits per heavy atom. The lowest BCUT2D eigenvalue weighted by atomic mass is 9.87. The summed E-state index contributed by atoms with van der Waals surface area (Å²) >= 11 is 3.40. The predicted molar refractivity (Wildman–Crippen MR) is 69.2 cm³/mol. The Labute approximate surface area is 110 Å². The van der Waals surface area contributed by atoms with E-state index in [1.807, 2.05) is 18.2 Å². The largest absolute Gasteiger partial charge is 0.484 e. The highest BCUT2D eigenvalue weighted by Gasteiger charge is 2.39.